The molecule has 1 saturated heterocycles. The molecular formula is C21H36O4. The van der Waals surface area contributed by atoms with Gasteiger partial charge in [-0.05, 0) is 50.9 Å². The number of carboxylic acid groups (broad SMARTS) is 1. The van der Waals surface area contributed by atoms with Crippen LogP contribution < -0.4 is 0 Å². The Bertz CT molecular complexity index is 469. The smallest absolute Gasteiger partial charge is 0.306 e. The molecule has 25 heavy (non-hydrogen) atoms. The fraction of sp³-hybridized carbons (Fsp3) is 0.762. The number of hydrogen-bond acceptors (Lipinski definition) is 3. The molecule has 0 spiro atoms. The van der Waals surface area contributed by atoms with Crippen molar-refractivity contribution in [3.63, 3.8) is 0 Å². The summed E-state index contributed by atoms with van der Waals surface area (Å²) in [6.45, 7) is 10.7. The second-order valence-electron chi connectivity index (χ2n) is 7.31. The van der Waals surface area contributed by atoms with Crippen LogP contribution in [-0.4, -0.2) is 22.8 Å². The second-order valence-corrected chi connectivity index (χ2v) is 7.31. The van der Waals surface area contributed by atoms with E-state index >= 15 is 0 Å². The molecule has 1 heterocycles. The van der Waals surface area contributed by atoms with Gasteiger partial charge in [0.2, 0.25) is 0 Å². The van der Waals surface area contributed by atoms with Gasteiger partial charge in [0.25, 0.3) is 0 Å². The maximum absolute atomic E-state index is 11.0. The van der Waals surface area contributed by atoms with E-state index in [-0.39, 0.29) is 18.4 Å². The van der Waals surface area contributed by atoms with Gasteiger partial charge in [0.15, 0.2) is 0 Å². The van der Waals surface area contributed by atoms with Crippen molar-refractivity contribution in [2.24, 2.45) is 11.8 Å². The van der Waals surface area contributed by atoms with Gasteiger partial charge < -0.3 is 5.11 Å². The van der Waals surface area contributed by atoms with E-state index in [1.54, 1.807) is 0 Å². The van der Waals surface area contributed by atoms with Crippen molar-refractivity contribution < 1.29 is 19.7 Å². The van der Waals surface area contributed by atoms with Gasteiger partial charge in [0.1, 0.15) is 11.7 Å². The lowest BCUT2D eigenvalue weighted by Crippen LogP contribution is -2.44. The van der Waals surface area contributed by atoms with Crippen LogP contribution in [0.5, 0.6) is 0 Å². The molecule has 4 nitrogen and oxygen atoms in total. The largest absolute Gasteiger partial charge is 0.481 e. The zero-order chi connectivity index (χ0) is 18.9. The van der Waals surface area contributed by atoms with Crippen LogP contribution in [0.25, 0.3) is 0 Å². The molecule has 0 bridgehead atoms. The molecule has 1 fully saturated rings. The molecule has 0 aromatic carbocycles. The maximum Gasteiger partial charge on any atom is 0.306 e. The van der Waals surface area contributed by atoms with Gasteiger partial charge in [-0.2, -0.15) is 0 Å². The Kier molecular flexibility index (Phi) is 9.44. The molecule has 144 valence electrons. The lowest BCUT2D eigenvalue weighted by molar-refractivity contribution is -0.409. The van der Waals surface area contributed by atoms with Crippen molar-refractivity contribution in [2.75, 3.05) is 0 Å². The van der Waals surface area contributed by atoms with Crippen LogP contribution in [-0.2, 0) is 14.6 Å². The van der Waals surface area contributed by atoms with Crippen LogP contribution in [0.4, 0.5) is 0 Å². The molecule has 0 unspecified atom stereocenters. The van der Waals surface area contributed by atoms with E-state index in [4.69, 9.17) is 14.9 Å². The highest BCUT2D eigenvalue weighted by Gasteiger charge is 2.41. The second kappa shape index (κ2) is 10.8. The number of aliphatic carboxylic acids is 1. The average molecular weight is 353 g/mol. The first-order valence-electron chi connectivity index (χ1n) is 9.80. The van der Waals surface area contributed by atoms with Gasteiger partial charge in [0.05, 0.1) is 6.42 Å². The van der Waals surface area contributed by atoms with E-state index in [9.17, 15) is 4.79 Å². The molecule has 4 atom stereocenters. The summed E-state index contributed by atoms with van der Waals surface area (Å²) in [4.78, 5) is 22.4. The van der Waals surface area contributed by atoms with Crippen LogP contribution in [0.3, 0.4) is 0 Å². The minimum Gasteiger partial charge on any atom is -0.481 e. The Balaban J connectivity index is 2.84. The highest BCUT2D eigenvalue weighted by Crippen LogP contribution is 2.39. The molecular weight excluding hydrogens is 316 g/mol. The van der Waals surface area contributed by atoms with Crippen LogP contribution in [0.2, 0.25) is 0 Å². The van der Waals surface area contributed by atoms with E-state index in [1.807, 2.05) is 0 Å². The number of allylic oxidation sites excluding steroid dienone is 3. The fourth-order valence-electron chi connectivity index (χ4n) is 3.61. The molecule has 0 aliphatic carbocycles. The van der Waals surface area contributed by atoms with Gasteiger partial charge in [0, 0.05) is 0 Å². The van der Waals surface area contributed by atoms with E-state index < -0.39 is 11.6 Å². The Hall–Kier alpha value is -1.13. The maximum atomic E-state index is 11.0. The summed E-state index contributed by atoms with van der Waals surface area (Å²) in [5.74, 6) is -0.0802. The Morgan fingerprint density at radius 1 is 1.32 bits per heavy atom. The minimum atomic E-state index is -0.837. The van der Waals surface area contributed by atoms with E-state index in [0.29, 0.717) is 5.92 Å². The lowest BCUT2D eigenvalue weighted by atomic mass is 9.80. The minimum absolute atomic E-state index is 0.000713. The lowest BCUT2D eigenvalue weighted by Gasteiger charge is -2.41. The van der Waals surface area contributed by atoms with Crippen LogP contribution in [0.1, 0.15) is 79.6 Å². The monoisotopic (exact) mass is 352 g/mol. The summed E-state index contributed by atoms with van der Waals surface area (Å²) in [7, 11) is 0. The number of carbonyl (C=O) groups is 1. The third-order valence-corrected chi connectivity index (χ3v) is 5.23. The molecule has 0 saturated carbocycles. The molecule has 1 N–H and O–H groups in total. The van der Waals surface area contributed by atoms with Crippen molar-refractivity contribution in [3.8, 4) is 0 Å². The van der Waals surface area contributed by atoms with Crippen molar-refractivity contribution in [1.82, 2.24) is 0 Å². The molecule has 0 amide bonds. The molecule has 1 aliphatic heterocycles. The van der Waals surface area contributed by atoms with Gasteiger partial charge in [-0.15, -0.1) is 0 Å². The first-order chi connectivity index (χ1) is 11.9. The molecule has 1 rings (SSSR count). The number of rotatable bonds is 10. The summed E-state index contributed by atoms with van der Waals surface area (Å²) in [5.41, 5.74) is 0.872. The zero-order valence-corrected chi connectivity index (χ0v) is 16.6. The van der Waals surface area contributed by atoms with E-state index in [2.05, 4.69) is 52.8 Å². The standard InChI is InChI=1S/C21H36O4/c1-6-10-11-17(7-2)12-16(5)14-21(9-4)15-18(8-3)19(24-25-21)13-20(22)23/h10-11,14,17-19H,6-9,12-13,15H2,1-5H3,(H,22,23)/b11-10+,16-14+/t17-,18+,19-,21+/m0/s1. The van der Waals surface area contributed by atoms with E-state index in [1.165, 1.54) is 5.57 Å². The van der Waals surface area contributed by atoms with Gasteiger partial charge in [-0.3, -0.25) is 4.79 Å². The highest BCUT2D eigenvalue weighted by molar-refractivity contribution is 5.67. The molecule has 1 aliphatic rings. The molecule has 4 heteroatoms. The van der Waals surface area contributed by atoms with Gasteiger partial charge in [-0.1, -0.05) is 57.9 Å². The topological polar surface area (TPSA) is 55.8 Å². The first-order valence-corrected chi connectivity index (χ1v) is 9.80. The third kappa shape index (κ3) is 6.95. The van der Waals surface area contributed by atoms with Crippen molar-refractivity contribution in [1.29, 1.82) is 0 Å². The molecule has 0 aromatic rings. The average Bonchev–Trinajstić information content (AvgIpc) is 2.59. The Labute approximate surface area is 153 Å². The number of hydrogen-bond donors (Lipinski definition) is 1. The van der Waals surface area contributed by atoms with Crippen molar-refractivity contribution in [3.05, 3.63) is 23.8 Å². The first kappa shape index (κ1) is 21.9. The Morgan fingerprint density at radius 3 is 2.56 bits per heavy atom. The van der Waals surface area contributed by atoms with Crippen molar-refractivity contribution in [2.45, 2.75) is 91.3 Å². The fourth-order valence-corrected chi connectivity index (χ4v) is 3.61. The quantitative estimate of drug-likeness (QED) is 0.405. The number of carboxylic acids is 1. The summed E-state index contributed by atoms with van der Waals surface area (Å²) < 4.78 is 0. The summed E-state index contributed by atoms with van der Waals surface area (Å²) >= 11 is 0. The normalized spacial score (nSPS) is 29.1. The SMILES string of the molecule is CC/C=C/[C@H](CC)C/C(C)=C/[C@]1(CC)C[C@@H](CC)[C@H](CC(=O)O)OO1. The van der Waals surface area contributed by atoms with Crippen LogP contribution in [0.15, 0.2) is 23.8 Å². The zero-order valence-electron chi connectivity index (χ0n) is 16.6. The summed E-state index contributed by atoms with van der Waals surface area (Å²) in [6, 6.07) is 0. The third-order valence-electron chi connectivity index (χ3n) is 5.23. The predicted octanol–water partition coefficient (Wildman–Crippen LogP) is 5.69. The van der Waals surface area contributed by atoms with Gasteiger partial charge in [-0.25, -0.2) is 9.78 Å². The van der Waals surface area contributed by atoms with Crippen LogP contribution >= 0.6 is 0 Å². The Morgan fingerprint density at radius 2 is 2.04 bits per heavy atom. The predicted molar refractivity (Wildman–Crippen MR) is 101 cm³/mol. The molecule has 0 radical (unpaired) electrons. The van der Waals surface area contributed by atoms with Crippen LogP contribution in [0, 0.1) is 11.8 Å². The van der Waals surface area contributed by atoms with Gasteiger partial charge >= 0.3 is 5.97 Å². The summed E-state index contributed by atoms with van der Waals surface area (Å²) in [5, 5.41) is 9.05. The van der Waals surface area contributed by atoms with Crippen molar-refractivity contribution >= 4 is 5.97 Å². The highest BCUT2D eigenvalue weighted by atomic mass is 17.2. The molecule has 0 aromatic heterocycles. The van der Waals surface area contributed by atoms with E-state index in [0.717, 1.165) is 38.5 Å². The summed E-state index contributed by atoms with van der Waals surface area (Å²) in [6.07, 6.45) is 12.2.